The number of hydrogen-bond acceptors (Lipinski definition) is 2. The van der Waals surface area contributed by atoms with Crippen molar-refractivity contribution in [3.8, 4) is 5.75 Å². The average Bonchev–Trinajstić information content (AvgIpc) is 2.49. The Labute approximate surface area is 127 Å². The highest BCUT2D eigenvalue weighted by Gasteiger charge is 2.19. The van der Waals surface area contributed by atoms with Gasteiger partial charge in [0.2, 0.25) is 0 Å². The molecule has 0 aliphatic heterocycles. The molecule has 2 aromatic rings. The Hall–Kier alpha value is -1.65. The quantitative estimate of drug-likeness (QED) is 0.896. The highest BCUT2D eigenvalue weighted by molar-refractivity contribution is 6.30. The van der Waals surface area contributed by atoms with Gasteiger partial charge < -0.3 is 10.1 Å². The summed E-state index contributed by atoms with van der Waals surface area (Å²) in [6.07, 6.45) is 0.285. The van der Waals surface area contributed by atoms with Crippen LogP contribution in [0.5, 0.6) is 5.75 Å². The number of hydrogen-bond donors (Lipinski definition) is 1. The Morgan fingerprint density at radius 3 is 2.52 bits per heavy atom. The van der Waals surface area contributed by atoms with Crippen molar-refractivity contribution < 1.29 is 13.5 Å². The van der Waals surface area contributed by atoms with Crippen LogP contribution in [0.2, 0.25) is 5.02 Å². The second-order valence-corrected chi connectivity index (χ2v) is 5.03. The highest BCUT2D eigenvalue weighted by Crippen LogP contribution is 2.28. The lowest BCUT2D eigenvalue weighted by Crippen LogP contribution is -2.21. The smallest absolute Gasteiger partial charge is 0.169 e. The van der Waals surface area contributed by atoms with Gasteiger partial charge in [-0.3, -0.25) is 0 Å². The van der Waals surface area contributed by atoms with Gasteiger partial charge in [-0.15, -0.1) is 0 Å². The van der Waals surface area contributed by atoms with Crippen molar-refractivity contribution in [1.29, 1.82) is 0 Å². The molecule has 0 aliphatic rings. The number of benzene rings is 2. The molecule has 112 valence electrons. The Morgan fingerprint density at radius 1 is 1.14 bits per heavy atom. The average molecular weight is 312 g/mol. The van der Waals surface area contributed by atoms with E-state index < -0.39 is 11.6 Å². The summed E-state index contributed by atoms with van der Waals surface area (Å²) in [7, 11) is 3.11. The second-order valence-electron chi connectivity index (χ2n) is 4.62. The van der Waals surface area contributed by atoms with E-state index in [9.17, 15) is 8.78 Å². The van der Waals surface area contributed by atoms with Crippen LogP contribution in [0, 0.1) is 11.6 Å². The molecule has 0 bridgehead atoms. The molecule has 5 heteroatoms. The summed E-state index contributed by atoms with van der Waals surface area (Å²) in [6.45, 7) is 0. The van der Waals surface area contributed by atoms with Gasteiger partial charge in [-0.25, -0.2) is 8.78 Å². The molecular weight excluding hydrogens is 296 g/mol. The van der Waals surface area contributed by atoms with E-state index in [2.05, 4.69) is 5.32 Å². The van der Waals surface area contributed by atoms with E-state index in [0.717, 1.165) is 0 Å². The number of nitrogens with one attached hydrogen (secondary N) is 1. The monoisotopic (exact) mass is 311 g/mol. The SMILES string of the molecule is CNC(Cc1cccc(Cl)c1F)c1cccc(OC)c1F. The summed E-state index contributed by atoms with van der Waals surface area (Å²) in [5.74, 6) is -0.746. The molecule has 0 aromatic heterocycles. The van der Waals surface area contributed by atoms with Crippen molar-refractivity contribution in [1.82, 2.24) is 5.32 Å². The molecule has 0 amide bonds. The summed E-state index contributed by atoms with van der Waals surface area (Å²) in [5.41, 5.74) is 0.861. The molecule has 2 nitrogen and oxygen atoms in total. The lowest BCUT2D eigenvalue weighted by Gasteiger charge is -2.19. The molecule has 2 rings (SSSR count). The van der Waals surface area contributed by atoms with E-state index in [1.54, 1.807) is 37.4 Å². The first kappa shape index (κ1) is 15.7. The molecular formula is C16H16ClF2NO. The molecule has 2 aromatic carbocycles. The van der Waals surface area contributed by atoms with Gasteiger partial charge in [0.15, 0.2) is 11.6 Å². The third kappa shape index (κ3) is 3.34. The minimum absolute atomic E-state index is 0.0634. The summed E-state index contributed by atoms with van der Waals surface area (Å²) >= 11 is 5.78. The van der Waals surface area contributed by atoms with Gasteiger partial charge in [0.25, 0.3) is 0 Å². The summed E-state index contributed by atoms with van der Waals surface area (Å²) in [4.78, 5) is 0. The topological polar surface area (TPSA) is 21.3 Å². The molecule has 0 saturated heterocycles. The van der Waals surface area contributed by atoms with Crippen LogP contribution in [0.15, 0.2) is 36.4 Å². The minimum atomic E-state index is -0.470. The molecule has 1 N–H and O–H groups in total. The van der Waals surface area contributed by atoms with Crippen molar-refractivity contribution in [2.24, 2.45) is 0 Å². The first-order valence-corrected chi connectivity index (χ1v) is 6.88. The maximum absolute atomic E-state index is 14.3. The van der Waals surface area contributed by atoms with Gasteiger partial charge in [0, 0.05) is 11.6 Å². The fraction of sp³-hybridized carbons (Fsp3) is 0.250. The molecule has 0 radical (unpaired) electrons. The van der Waals surface area contributed by atoms with Crippen molar-refractivity contribution in [2.45, 2.75) is 12.5 Å². The largest absolute Gasteiger partial charge is 0.494 e. The van der Waals surface area contributed by atoms with Gasteiger partial charge in [0.05, 0.1) is 12.1 Å². The zero-order valence-electron chi connectivity index (χ0n) is 11.8. The van der Waals surface area contributed by atoms with Crippen molar-refractivity contribution in [3.05, 3.63) is 64.2 Å². The maximum Gasteiger partial charge on any atom is 0.169 e. The first-order valence-electron chi connectivity index (χ1n) is 6.51. The maximum atomic E-state index is 14.3. The van der Waals surface area contributed by atoms with Crippen molar-refractivity contribution in [2.75, 3.05) is 14.2 Å². The van der Waals surface area contributed by atoms with E-state index in [0.29, 0.717) is 11.1 Å². The van der Waals surface area contributed by atoms with Crippen molar-refractivity contribution >= 4 is 11.6 Å². The molecule has 0 aliphatic carbocycles. The number of methoxy groups -OCH3 is 1. The molecule has 21 heavy (non-hydrogen) atoms. The minimum Gasteiger partial charge on any atom is -0.494 e. The van der Waals surface area contributed by atoms with Crippen LogP contribution in [0.25, 0.3) is 0 Å². The predicted octanol–water partition coefficient (Wildman–Crippen LogP) is 4.13. The first-order chi connectivity index (χ1) is 10.1. The van der Waals surface area contributed by atoms with Crippen LogP contribution in [-0.2, 0) is 6.42 Å². The normalized spacial score (nSPS) is 12.2. The fourth-order valence-electron chi connectivity index (χ4n) is 2.25. The number of ether oxygens (including phenoxy) is 1. The van der Waals surface area contributed by atoms with Gasteiger partial charge in [-0.2, -0.15) is 0 Å². The molecule has 1 unspecified atom stereocenters. The zero-order chi connectivity index (χ0) is 15.4. The lowest BCUT2D eigenvalue weighted by molar-refractivity contribution is 0.380. The lowest BCUT2D eigenvalue weighted by atomic mass is 9.98. The highest BCUT2D eigenvalue weighted by atomic mass is 35.5. The van der Waals surface area contributed by atoms with Gasteiger partial charge in [-0.1, -0.05) is 35.9 Å². The summed E-state index contributed by atoms with van der Waals surface area (Å²) < 4.78 is 33.3. The number of rotatable bonds is 5. The van der Waals surface area contributed by atoms with Gasteiger partial charge >= 0.3 is 0 Å². The predicted molar refractivity (Wildman–Crippen MR) is 79.9 cm³/mol. The summed E-state index contributed by atoms with van der Waals surface area (Å²) in [5, 5.41) is 3.06. The van der Waals surface area contributed by atoms with E-state index in [4.69, 9.17) is 16.3 Å². The van der Waals surface area contributed by atoms with Crippen LogP contribution in [0.1, 0.15) is 17.2 Å². The van der Waals surface area contributed by atoms with E-state index in [-0.39, 0.29) is 23.2 Å². The second kappa shape index (κ2) is 6.87. The molecule has 0 heterocycles. The Morgan fingerprint density at radius 2 is 1.86 bits per heavy atom. The molecule has 0 spiro atoms. The Bertz CT molecular complexity index is 634. The number of likely N-dealkylation sites (N-methyl/N-ethyl adjacent to an activating group) is 1. The molecule has 1 atom stereocenters. The Balaban J connectivity index is 2.35. The third-order valence-electron chi connectivity index (χ3n) is 3.39. The summed E-state index contributed by atoms with van der Waals surface area (Å²) in [6, 6.07) is 9.33. The van der Waals surface area contributed by atoms with E-state index >= 15 is 0 Å². The van der Waals surface area contributed by atoms with Crippen LogP contribution in [0.3, 0.4) is 0 Å². The van der Waals surface area contributed by atoms with E-state index in [1.807, 2.05) is 0 Å². The van der Waals surface area contributed by atoms with Crippen LogP contribution in [0.4, 0.5) is 8.78 Å². The van der Waals surface area contributed by atoms with Crippen LogP contribution >= 0.6 is 11.6 Å². The van der Waals surface area contributed by atoms with Crippen LogP contribution in [-0.4, -0.2) is 14.2 Å². The standard InChI is InChI=1S/C16H16ClF2NO/c1-20-13(9-10-5-3-7-12(17)15(10)18)11-6-4-8-14(21-2)16(11)19/h3-8,13,20H,9H2,1-2H3. The third-order valence-corrected chi connectivity index (χ3v) is 3.68. The van der Waals surface area contributed by atoms with E-state index in [1.165, 1.54) is 13.2 Å². The van der Waals surface area contributed by atoms with Gasteiger partial charge in [-0.05, 0) is 31.2 Å². The zero-order valence-corrected chi connectivity index (χ0v) is 12.5. The van der Waals surface area contributed by atoms with Crippen molar-refractivity contribution in [3.63, 3.8) is 0 Å². The molecule has 0 fully saturated rings. The Kier molecular flexibility index (Phi) is 5.15. The fourth-order valence-corrected chi connectivity index (χ4v) is 2.44. The van der Waals surface area contributed by atoms with Gasteiger partial charge in [0.1, 0.15) is 5.82 Å². The number of halogens is 3. The van der Waals surface area contributed by atoms with Crippen LogP contribution < -0.4 is 10.1 Å². The molecule has 0 saturated carbocycles.